The van der Waals surface area contributed by atoms with Gasteiger partial charge >= 0.3 is 0 Å². The zero-order valence-corrected chi connectivity index (χ0v) is 17.1. The molecule has 2 aromatic rings. The molecule has 0 radical (unpaired) electrons. The lowest BCUT2D eigenvalue weighted by Crippen LogP contribution is -1.88. The highest BCUT2D eigenvalue weighted by molar-refractivity contribution is 5.87. The Bertz CT molecular complexity index is 684. The minimum Gasteiger partial charge on any atom is -0.465 e. The molecule has 0 N–H and O–H groups in total. The predicted octanol–water partition coefficient (Wildman–Crippen LogP) is 7.56. The Hall–Kier alpha value is -2.62. The van der Waals surface area contributed by atoms with Gasteiger partial charge < -0.3 is 8.83 Å². The van der Waals surface area contributed by atoms with Gasteiger partial charge in [0.05, 0.1) is 25.0 Å². The molecule has 0 aliphatic rings. The van der Waals surface area contributed by atoms with E-state index in [1.807, 2.05) is 48.8 Å². The summed E-state index contributed by atoms with van der Waals surface area (Å²) < 4.78 is 10.9. The largest absolute Gasteiger partial charge is 0.465 e. The van der Waals surface area contributed by atoms with Crippen molar-refractivity contribution in [1.29, 1.82) is 0 Å². The molecule has 2 rings (SSSR count). The van der Waals surface area contributed by atoms with E-state index in [0.29, 0.717) is 0 Å². The first kappa shape index (κ1) is 21.7. The number of hydrogen-bond acceptors (Lipinski definition) is 4. The third-order valence-electron chi connectivity index (χ3n) is 4.39. The van der Waals surface area contributed by atoms with Gasteiger partial charge in [0.15, 0.2) is 0 Å². The number of furan rings is 2. The Kier molecular flexibility index (Phi) is 10.5. The summed E-state index contributed by atoms with van der Waals surface area (Å²) in [5.41, 5.74) is 2.26. The summed E-state index contributed by atoms with van der Waals surface area (Å²) >= 11 is 0. The molecule has 150 valence electrons. The van der Waals surface area contributed by atoms with Crippen LogP contribution < -0.4 is 0 Å². The van der Waals surface area contributed by atoms with Crippen LogP contribution in [0.2, 0.25) is 0 Å². The van der Waals surface area contributed by atoms with Crippen molar-refractivity contribution in [2.45, 2.75) is 65.2 Å². The summed E-state index contributed by atoms with van der Waals surface area (Å²) in [4.78, 5) is 0. The molecular weight excluding hydrogens is 348 g/mol. The summed E-state index contributed by atoms with van der Waals surface area (Å²) in [7, 11) is 0. The van der Waals surface area contributed by atoms with Crippen molar-refractivity contribution in [3.8, 4) is 0 Å². The van der Waals surface area contributed by atoms with E-state index in [2.05, 4.69) is 24.1 Å². The minimum atomic E-state index is 0.847. The Morgan fingerprint density at radius 2 is 1.21 bits per heavy atom. The maximum absolute atomic E-state index is 5.43. The maximum Gasteiger partial charge on any atom is 0.126 e. The van der Waals surface area contributed by atoms with E-state index in [4.69, 9.17) is 8.83 Å². The van der Waals surface area contributed by atoms with Crippen LogP contribution in [0.3, 0.4) is 0 Å². The van der Waals surface area contributed by atoms with E-state index < -0.39 is 0 Å². The van der Waals surface area contributed by atoms with Crippen LogP contribution in [0.1, 0.15) is 76.7 Å². The van der Waals surface area contributed by atoms with Crippen LogP contribution >= 0.6 is 0 Å². The summed E-state index contributed by atoms with van der Waals surface area (Å²) in [6, 6.07) is 7.70. The average molecular weight is 381 g/mol. The fourth-order valence-electron chi connectivity index (χ4n) is 2.83. The topological polar surface area (TPSA) is 51.0 Å². The Labute approximate surface area is 168 Å². The molecule has 0 amide bonds. The van der Waals surface area contributed by atoms with Crippen molar-refractivity contribution in [2.24, 2.45) is 10.2 Å². The molecular formula is C24H32N2O2. The minimum absolute atomic E-state index is 0.847. The fraction of sp³-hybridized carbons (Fsp3) is 0.417. The molecule has 0 aliphatic heterocycles. The molecule has 4 nitrogen and oxygen atoms in total. The summed E-state index contributed by atoms with van der Waals surface area (Å²) in [6.45, 7) is 4.42. The second kappa shape index (κ2) is 13.5. The summed E-state index contributed by atoms with van der Waals surface area (Å²) in [5.74, 6) is 1.69. The number of rotatable bonds is 13. The van der Waals surface area contributed by atoms with Gasteiger partial charge in [0, 0.05) is 0 Å². The van der Waals surface area contributed by atoms with E-state index in [1.165, 1.54) is 25.7 Å². The molecule has 0 bridgehead atoms. The number of hydrogen-bond donors (Lipinski definition) is 0. The lowest BCUT2D eigenvalue weighted by Gasteiger charge is -2.01. The van der Waals surface area contributed by atoms with Crippen LogP contribution in [0.25, 0.3) is 12.2 Å². The van der Waals surface area contributed by atoms with Gasteiger partial charge in [-0.2, -0.15) is 10.2 Å². The normalized spacial score (nSPS) is 13.2. The van der Waals surface area contributed by atoms with Gasteiger partial charge in [0.2, 0.25) is 0 Å². The van der Waals surface area contributed by atoms with Crippen LogP contribution in [0.4, 0.5) is 0 Å². The first-order valence-electron chi connectivity index (χ1n) is 10.4. The van der Waals surface area contributed by atoms with Gasteiger partial charge in [-0.25, -0.2) is 0 Å². The lowest BCUT2D eigenvalue weighted by molar-refractivity contribution is 0.556. The summed E-state index contributed by atoms with van der Waals surface area (Å²) in [6.07, 6.45) is 20.2. The monoisotopic (exact) mass is 380 g/mol. The first-order valence-corrected chi connectivity index (χ1v) is 10.4. The Morgan fingerprint density at radius 3 is 1.57 bits per heavy atom. The van der Waals surface area contributed by atoms with E-state index in [-0.39, 0.29) is 0 Å². The highest BCUT2D eigenvalue weighted by Crippen LogP contribution is 2.14. The third-order valence-corrected chi connectivity index (χ3v) is 4.39. The number of nitrogens with zero attached hydrogens (tertiary/aromatic N) is 2. The molecule has 0 unspecified atom stereocenters. The molecule has 0 saturated carbocycles. The number of allylic oxidation sites excluding steroid dienone is 2. The van der Waals surface area contributed by atoms with E-state index in [9.17, 15) is 0 Å². The van der Waals surface area contributed by atoms with Crippen molar-refractivity contribution in [3.05, 3.63) is 59.5 Å². The van der Waals surface area contributed by atoms with Crippen molar-refractivity contribution < 1.29 is 8.83 Å². The van der Waals surface area contributed by atoms with Crippen molar-refractivity contribution in [3.63, 3.8) is 0 Å². The quantitative estimate of drug-likeness (QED) is 0.204. The van der Waals surface area contributed by atoms with Crippen molar-refractivity contribution in [1.82, 2.24) is 0 Å². The zero-order valence-electron chi connectivity index (χ0n) is 17.1. The first-order chi connectivity index (χ1) is 13.8. The molecule has 0 atom stereocenters. The van der Waals surface area contributed by atoms with Crippen LogP contribution in [-0.2, 0) is 0 Å². The second-order valence-electron chi connectivity index (χ2n) is 6.87. The van der Waals surface area contributed by atoms with Gasteiger partial charge in [0.1, 0.15) is 11.5 Å². The molecule has 0 saturated heterocycles. The SMILES string of the molecule is CCCCCC(=C/c1ccco1)/C=N/N=C/C(=C\c1ccco1)CCCCC. The van der Waals surface area contributed by atoms with Gasteiger partial charge in [0.25, 0.3) is 0 Å². The van der Waals surface area contributed by atoms with E-state index >= 15 is 0 Å². The molecule has 2 heterocycles. The lowest BCUT2D eigenvalue weighted by atomic mass is 10.1. The van der Waals surface area contributed by atoms with E-state index in [1.54, 1.807) is 12.5 Å². The Morgan fingerprint density at radius 1 is 0.750 bits per heavy atom. The van der Waals surface area contributed by atoms with Crippen molar-refractivity contribution in [2.75, 3.05) is 0 Å². The molecule has 0 spiro atoms. The van der Waals surface area contributed by atoms with Gasteiger partial charge in [-0.05, 0) is 73.2 Å². The van der Waals surface area contributed by atoms with Crippen molar-refractivity contribution >= 4 is 24.6 Å². The van der Waals surface area contributed by atoms with Gasteiger partial charge in [-0.1, -0.05) is 39.5 Å². The number of unbranched alkanes of at least 4 members (excludes halogenated alkanes) is 4. The van der Waals surface area contributed by atoms with Crippen LogP contribution in [0.15, 0.2) is 67.0 Å². The van der Waals surface area contributed by atoms with Crippen LogP contribution in [0, 0.1) is 0 Å². The van der Waals surface area contributed by atoms with Crippen LogP contribution in [0.5, 0.6) is 0 Å². The molecule has 2 aromatic heterocycles. The third kappa shape index (κ3) is 8.85. The molecule has 0 fully saturated rings. The molecule has 4 heteroatoms. The highest BCUT2D eigenvalue weighted by Gasteiger charge is 1.99. The molecule has 28 heavy (non-hydrogen) atoms. The molecule has 0 aliphatic carbocycles. The molecule has 0 aromatic carbocycles. The van der Waals surface area contributed by atoms with Gasteiger partial charge in [-0.3, -0.25) is 0 Å². The second-order valence-corrected chi connectivity index (χ2v) is 6.87. The fourth-order valence-corrected chi connectivity index (χ4v) is 2.83. The zero-order chi connectivity index (χ0) is 19.9. The van der Waals surface area contributed by atoms with E-state index in [0.717, 1.165) is 48.3 Å². The highest BCUT2D eigenvalue weighted by atomic mass is 16.3. The predicted molar refractivity (Wildman–Crippen MR) is 119 cm³/mol. The van der Waals surface area contributed by atoms with Gasteiger partial charge in [-0.15, -0.1) is 0 Å². The average Bonchev–Trinajstić information content (AvgIpc) is 3.39. The standard InChI is InChI=1S/C24H32N2O2/c1-3-5-7-11-21(17-23-13-9-15-27-23)19-25-26-20-22(12-8-6-4-2)18-24-14-10-16-28-24/h9-10,13-20H,3-8,11-12H2,1-2H3/b21-17-,22-18-,25-19+,26-20+. The van der Waals surface area contributed by atoms with Crippen LogP contribution in [-0.4, -0.2) is 12.4 Å². The summed E-state index contributed by atoms with van der Waals surface area (Å²) in [5, 5.41) is 8.58. The Balaban J connectivity index is 2.03. The smallest absolute Gasteiger partial charge is 0.126 e. The maximum atomic E-state index is 5.43.